The van der Waals surface area contributed by atoms with E-state index in [0.717, 1.165) is 24.6 Å². The van der Waals surface area contributed by atoms with Gasteiger partial charge in [0.05, 0.1) is 10.6 Å². The predicted molar refractivity (Wildman–Crippen MR) is 74.2 cm³/mol. The molecule has 0 radical (unpaired) electrons. The van der Waals surface area contributed by atoms with Crippen molar-refractivity contribution in [2.75, 3.05) is 13.1 Å². The molecule has 1 aromatic rings. The van der Waals surface area contributed by atoms with Crippen LogP contribution in [0.2, 0.25) is 5.02 Å². The highest BCUT2D eigenvalue weighted by atomic mass is 35.5. The lowest BCUT2D eigenvalue weighted by Gasteiger charge is -2.08. The van der Waals surface area contributed by atoms with Crippen molar-refractivity contribution in [1.82, 2.24) is 10.6 Å². The van der Waals surface area contributed by atoms with E-state index >= 15 is 0 Å². The molecule has 0 saturated heterocycles. The van der Waals surface area contributed by atoms with Crippen molar-refractivity contribution in [3.05, 3.63) is 34.3 Å². The Kier molecular flexibility index (Phi) is 4.61. The van der Waals surface area contributed by atoms with Crippen LogP contribution in [0.3, 0.4) is 0 Å². The molecule has 0 aliphatic heterocycles. The molecule has 1 fully saturated rings. The van der Waals surface area contributed by atoms with E-state index in [-0.39, 0.29) is 5.91 Å². The molecule has 1 aliphatic rings. The summed E-state index contributed by atoms with van der Waals surface area (Å²) in [6.45, 7) is 3.55. The number of amides is 1. The van der Waals surface area contributed by atoms with Crippen LogP contribution in [0.1, 0.15) is 35.2 Å². The van der Waals surface area contributed by atoms with Crippen LogP contribution in [0.4, 0.5) is 0 Å². The van der Waals surface area contributed by atoms with Crippen LogP contribution in [0.5, 0.6) is 0 Å². The van der Waals surface area contributed by atoms with Gasteiger partial charge in [-0.2, -0.15) is 0 Å². The Morgan fingerprint density at radius 2 is 2.17 bits per heavy atom. The number of carbonyl (C=O) groups is 1. The molecule has 1 saturated carbocycles. The second-order valence-electron chi connectivity index (χ2n) is 4.77. The fourth-order valence-electron chi connectivity index (χ4n) is 1.80. The number of carbonyl (C=O) groups excluding carboxylic acids is 1. The minimum atomic E-state index is -0.0879. The van der Waals surface area contributed by atoms with Crippen LogP contribution < -0.4 is 10.6 Å². The fourth-order valence-corrected chi connectivity index (χ4v) is 2.01. The van der Waals surface area contributed by atoms with E-state index in [4.69, 9.17) is 11.6 Å². The maximum absolute atomic E-state index is 11.9. The van der Waals surface area contributed by atoms with E-state index in [1.165, 1.54) is 12.8 Å². The van der Waals surface area contributed by atoms with Crippen molar-refractivity contribution >= 4 is 17.5 Å². The monoisotopic (exact) mass is 266 g/mol. The summed E-state index contributed by atoms with van der Waals surface area (Å²) in [6.07, 6.45) is 3.54. The van der Waals surface area contributed by atoms with Gasteiger partial charge < -0.3 is 10.6 Å². The van der Waals surface area contributed by atoms with Gasteiger partial charge in [-0.05, 0) is 44.4 Å². The van der Waals surface area contributed by atoms with Gasteiger partial charge in [-0.1, -0.05) is 23.7 Å². The molecule has 3 nitrogen and oxygen atoms in total. The average Bonchev–Trinajstić information content (AvgIpc) is 3.16. The maximum Gasteiger partial charge on any atom is 0.252 e. The smallest absolute Gasteiger partial charge is 0.252 e. The minimum Gasteiger partial charge on any atom is -0.352 e. The number of hydrogen-bond acceptors (Lipinski definition) is 2. The molecule has 2 rings (SSSR count). The molecule has 4 heteroatoms. The molecule has 0 unspecified atom stereocenters. The summed E-state index contributed by atoms with van der Waals surface area (Å²) in [7, 11) is 0. The van der Waals surface area contributed by atoms with Crippen LogP contribution in [0.15, 0.2) is 18.2 Å². The molecule has 0 atom stereocenters. The highest BCUT2D eigenvalue weighted by Crippen LogP contribution is 2.20. The van der Waals surface area contributed by atoms with Gasteiger partial charge in [0.25, 0.3) is 5.91 Å². The lowest BCUT2D eigenvalue weighted by atomic mass is 10.1. The summed E-state index contributed by atoms with van der Waals surface area (Å²) in [5, 5.41) is 6.86. The van der Waals surface area contributed by atoms with Gasteiger partial charge in [0.2, 0.25) is 0 Å². The van der Waals surface area contributed by atoms with E-state index < -0.39 is 0 Å². The Bertz CT molecular complexity index is 430. The fraction of sp³-hybridized carbons (Fsp3) is 0.500. The highest BCUT2D eigenvalue weighted by Gasteiger charge is 2.19. The van der Waals surface area contributed by atoms with E-state index in [1.807, 2.05) is 19.1 Å². The number of halogens is 1. The van der Waals surface area contributed by atoms with Crippen molar-refractivity contribution in [2.45, 2.75) is 32.2 Å². The first-order valence-corrected chi connectivity index (χ1v) is 6.83. The number of nitrogens with one attached hydrogen (secondary N) is 2. The first-order chi connectivity index (χ1) is 8.68. The zero-order valence-corrected chi connectivity index (χ0v) is 11.4. The second-order valence-corrected chi connectivity index (χ2v) is 5.15. The first-order valence-electron chi connectivity index (χ1n) is 6.45. The molecule has 18 heavy (non-hydrogen) atoms. The molecule has 98 valence electrons. The maximum atomic E-state index is 11.9. The molecule has 1 aromatic carbocycles. The van der Waals surface area contributed by atoms with Crippen molar-refractivity contribution in [1.29, 1.82) is 0 Å². The SMILES string of the molecule is Cc1cccc(C(=O)NCCCNC2CC2)c1Cl. The van der Waals surface area contributed by atoms with Crippen LogP contribution in [0, 0.1) is 6.92 Å². The summed E-state index contributed by atoms with van der Waals surface area (Å²) in [5.74, 6) is -0.0879. The largest absolute Gasteiger partial charge is 0.352 e. The summed E-state index contributed by atoms with van der Waals surface area (Å²) < 4.78 is 0. The molecule has 0 bridgehead atoms. The number of benzene rings is 1. The molecule has 0 heterocycles. The average molecular weight is 267 g/mol. The van der Waals surface area contributed by atoms with Crippen LogP contribution in [-0.2, 0) is 0 Å². The van der Waals surface area contributed by atoms with Crippen molar-refractivity contribution in [3.8, 4) is 0 Å². The Labute approximate surface area is 113 Å². The zero-order chi connectivity index (χ0) is 13.0. The summed E-state index contributed by atoms with van der Waals surface area (Å²) in [4.78, 5) is 11.9. The lowest BCUT2D eigenvalue weighted by molar-refractivity contribution is 0.0953. The topological polar surface area (TPSA) is 41.1 Å². The molecule has 0 spiro atoms. The van der Waals surface area contributed by atoms with Crippen molar-refractivity contribution in [2.24, 2.45) is 0 Å². The van der Waals surface area contributed by atoms with Crippen molar-refractivity contribution in [3.63, 3.8) is 0 Å². The van der Waals surface area contributed by atoms with Gasteiger partial charge in [-0.15, -0.1) is 0 Å². The summed E-state index contributed by atoms with van der Waals surface area (Å²) >= 11 is 6.10. The third kappa shape index (κ3) is 3.72. The van der Waals surface area contributed by atoms with Gasteiger partial charge in [0.15, 0.2) is 0 Å². The number of aryl methyl sites for hydroxylation is 1. The quantitative estimate of drug-likeness (QED) is 0.777. The van der Waals surface area contributed by atoms with Gasteiger partial charge in [0, 0.05) is 12.6 Å². The first kappa shape index (κ1) is 13.4. The van der Waals surface area contributed by atoms with Crippen LogP contribution in [-0.4, -0.2) is 25.0 Å². The Morgan fingerprint density at radius 1 is 1.39 bits per heavy atom. The van der Waals surface area contributed by atoms with E-state index in [0.29, 0.717) is 17.1 Å². The number of hydrogen-bond donors (Lipinski definition) is 2. The number of rotatable bonds is 6. The Morgan fingerprint density at radius 3 is 2.89 bits per heavy atom. The van der Waals surface area contributed by atoms with E-state index in [9.17, 15) is 4.79 Å². The van der Waals surface area contributed by atoms with Crippen LogP contribution in [0.25, 0.3) is 0 Å². The highest BCUT2D eigenvalue weighted by molar-refractivity contribution is 6.34. The van der Waals surface area contributed by atoms with Gasteiger partial charge >= 0.3 is 0 Å². The van der Waals surface area contributed by atoms with E-state index in [2.05, 4.69) is 10.6 Å². The predicted octanol–water partition coefficient (Wildman–Crippen LogP) is 2.52. The molecular weight excluding hydrogens is 248 g/mol. The zero-order valence-electron chi connectivity index (χ0n) is 10.6. The molecule has 0 aromatic heterocycles. The normalized spacial score (nSPS) is 14.6. The van der Waals surface area contributed by atoms with Crippen molar-refractivity contribution < 1.29 is 4.79 Å². The van der Waals surface area contributed by atoms with Gasteiger partial charge in [0.1, 0.15) is 0 Å². The molecule has 1 aliphatic carbocycles. The van der Waals surface area contributed by atoms with E-state index in [1.54, 1.807) is 6.07 Å². The van der Waals surface area contributed by atoms with Gasteiger partial charge in [-0.3, -0.25) is 4.79 Å². The molecular formula is C14H19ClN2O. The molecule has 2 N–H and O–H groups in total. The van der Waals surface area contributed by atoms with Gasteiger partial charge in [-0.25, -0.2) is 0 Å². The molecule has 1 amide bonds. The Hall–Kier alpha value is -1.06. The second kappa shape index (κ2) is 6.21. The third-order valence-electron chi connectivity index (χ3n) is 3.09. The summed E-state index contributed by atoms with van der Waals surface area (Å²) in [5.41, 5.74) is 1.49. The summed E-state index contributed by atoms with van der Waals surface area (Å²) in [6, 6.07) is 6.24. The van der Waals surface area contributed by atoms with Crippen LogP contribution >= 0.6 is 11.6 Å². The lowest BCUT2D eigenvalue weighted by Crippen LogP contribution is -2.28. The standard InChI is InChI=1S/C14H19ClN2O/c1-10-4-2-5-12(13(10)15)14(18)17-9-3-8-16-11-6-7-11/h2,4-5,11,16H,3,6-9H2,1H3,(H,17,18). The Balaban J connectivity index is 1.74. The third-order valence-corrected chi connectivity index (χ3v) is 3.59. The minimum absolute atomic E-state index is 0.0879.